The van der Waals surface area contributed by atoms with Gasteiger partial charge in [-0.25, -0.2) is 0 Å². The van der Waals surface area contributed by atoms with Crippen LogP contribution in [0.5, 0.6) is 0 Å². The summed E-state index contributed by atoms with van der Waals surface area (Å²) in [5, 5.41) is 8.89. The second-order valence-electron chi connectivity index (χ2n) is 7.72. The normalized spacial score (nSPS) is 13.8. The van der Waals surface area contributed by atoms with Crippen LogP contribution < -0.4 is 0 Å². The van der Waals surface area contributed by atoms with Crippen molar-refractivity contribution in [3.63, 3.8) is 0 Å². The predicted octanol–water partition coefficient (Wildman–Crippen LogP) is 6.77. The fourth-order valence-electron chi connectivity index (χ4n) is 3.95. The van der Waals surface area contributed by atoms with Gasteiger partial charge in [-0.15, -0.1) is 0 Å². The monoisotopic (exact) mass is 448 g/mol. The molecule has 0 saturated carbocycles. The van der Waals surface area contributed by atoms with E-state index in [4.69, 9.17) is 9.84 Å². The Morgan fingerprint density at radius 1 is 0.875 bits per heavy atom. The molecule has 1 atom stereocenters. The van der Waals surface area contributed by atoms with Gasteiger partial charge in [0.2, 0.25) is 0 Å². The molecule has 0 fully saturated rings. The van der Waals surface area contributed by atoms with E-state index in [1.54, 1.807) is 13.3 Å². The van der Waals surface area contributed by atoms with Crippen LogP contribution in [0.2, 0.25) is 17.2 Å². The van der Waals surface area contributed by atoms with Gasteiger partial charge in [-0.3, -0.25) is 0 Å². The summed E-state index contributed by atoms with van der Waals surface area (Å²) in [6.45, 7) is 12.7. The van der Waals surface area contributed by atoms with Crippen molar-refractivity contribution in [2.45, 2.75) is 96.8 Å². The zero-order valence-corrected chi connectivity index (χ0v) is 20.0. The molecule has 0 rings (SSSR count). The molecule has 144 valence electrons. The molecule has 0 heterocycles. The number of aliphatic hydroxyl groups excluding tert-OH is 1. The predicted molar refractivity (Wildman–Crippen MR) is 110 cm³/mol. The first-order valence-electron chi connectivity index (χ1n) is 10.5. The summed E-state index contributed by atoms with van der Waals surface area (Å²) in [7, 11) is 0. The van der Waals surface area contributed by atoms with E-state index in [9.17, 15) is 0 Å². The number of ether oxygens (including phenoxy) is 1. The third-order valence-electron chi connectivity index (χ3n) is 5.31. The zero-order chi connectivity index (χ0) is 18.3. The van der Waals surface area contributed by atoms with Crippen molar-refractivity contribution in [3.05, 3.63) is 12.3 Å². The number of rotatable bonds is 16. The first kappa shape index (κ1) is 24.3. The van der Waals surface area contributed by atoms with Crippen molar-refractivity contribution in [2.75, 3.05) is 13.2 Å². The molecule has 2 nitrogen and oxygen atoms in total. The number of aliphatic hydroxyl groups is 1. The van der Waals surface area contributed by atoms with Crippen LogP contribution in [0.1, 0.15) is 79.6 Å². The summed E-state index contributed by atoms with van der Waals surface area (Å²) >= 11 is -2.24. The molecule has 3 heteroatoms. The molecule has 0 spiro atoms. The molecular weight excluding hydrogens is 403 g/mol. The maximum atomic E-state index is 8.89. The average Bonchev–Trinajstić information content (AvgIpc) is 2.58. The summed E-state index contributed by atoms with van der Waals surface area (Å²) in [5.41, 5.74) is 0. The summed E-state index contributed by atoms with van der Waals surface area (Å²) < 4.78 is 11.1. The third kappa shape index (κ3) is 9.70. The average molecular weight is 447 g/mol. The van der Waals surface area contributed by atoms with Gasteiger partial charge in [0.15, 0.2) is 0 Å². The molecule has 0 radical (unpaired) electrons. The zero-order valence-electron chi connectivity index (χ0n) is 17.2. The second-order valence-corrected chi connectivity index (χ2v) is 21.7. The van der Waals surface area contributed by atoms with Gasteiger partial charge >= 0.3 is 156 Å². The molecule has 0 bridgehead atoms. The van der Waals surface area contributed by atoms with Gasteiger partial charge in [0.05, 0.1) is 0 Å². The third-order valence-corrected chi connectivity index (χ3v) is 23.4. The Kier molecular flexibility index (Phi) is 15.7. The number of hydrogen-bond donors (Lipinski definition) is 1. The van der Waals surface area contributed by atoms with Crippen molar-refractivity contribution < 1.29 is 9.84 Å². The van der Waals surface area contributed by atoms with Gasteiger partial charge in [0.1, 0.15) is 0 Å². The van der Waals surface area contributed by atoms with Crippen LogP contribution >= 0.6 is 0 Å². The molecule has 0 aliphatic heterocycles. The van der Waals surface area contributed by atoms with E-state index >= 15 is 0 Å². The van der Waals surface area contributed by atoms with Gasteiger partial charge in [0, 0.05) is 0 Å². The Hall–Kier alpha value is 0.299. The van der Waals surface area contributed by atoms with E-state index in [1.165, 1.54) is 38.5 Å². The fraction of sp³-hybridized carbons (Fsp3) is 0.905. The molecule has 0 aliphatic rings. The van der Waals surface area contributed by atoms with Crippen molar-refractivity contribution in [1.82, 2.24) is 0 Å². The molecule has 1 unspecified atom stereocenters. The van der Waals surface area contributed by atoms with Crippen LogP contribution in [0.25, 0.3) is 0 Å². The van der Waals surface area contributed by atoms with Crippen LogP contribution in [0, 0.1) is 5.92 Å². The van der Waals surface area contributed by atoms with E-state index in [0.29, 0.717) is 6.61 Å². The van der Waals surface area contributed by atoms with Gasteiger partial charge in [-0.2, -0.15) is 0 Å². The number of unbranched alkanes of at least 4 members (excludes halogenated alkanes) is 3. The van der Waals surface area contributed by atoms with Crippen LogP contribution in [-0.2, 0) is 4.74 Å². The SMILES string of the molecule is CCC[CH2][Sn]([CH2]CCC)([CH2]CCC)[CH](/C=C\OCCCO)C(C)C. The summed E-state index contributed by atoms with van der Waals surface area (Å²) in [5.74, 6) is 0.726. The van der Waals surface area contributed by atoms with Gasteiger partial charge < -0.3 is 0 Å². The van der Waals surface area contributed by atoms with E-state index in [-0.39, 0.29) is 6.61 Å². The van der Waals surface area contributed by atoms with Gasteiger partial charge in [-0.1, -0.05) is 0 Å². The molecular formula is C21H44O2Sn. The summed E-state index contributed by atoms with van der Waals surface area (Å²) in [6.07, 6.45) is 13.4. The molecule has 0 aromatic carbocycles. The van der Waals surface area contributed by atoms with E-state index in [2.05, 4.69) is 40.7 Å². The van der Waals surface area contributed by atoms with E-state index in [0.717, 1.165) is 16.3 Å². The van der Waals surface area contributed by atoms with Crippen molar-refractivity contribution >= 4 is 18.4 Å². The minimum absolute atomic E-state index is 0.216. The fourth-order valence-corrected chi connectivity index (χ4v) is 23.4. The van der Waals surface area contributed by atoms with E-state index < -0.39 is 18.4 Å². The Bertz CT molecular complexity index is 280. The Balaban J connectivity index is 5.25. The standard InChI is InChI=1S/C9H17O2.3C4H9.Sn/c1-9(2)5-3-7-11-8-4-6-10;3*1-3-4-2;/h3,5,7,9-10H,4,6,8H2,1-2H3;3*1,3-4H2,2H3;/b7-3-;;;;. The molecule has 24 heavy (non-hydrogen) atoms. The number of hydrogen-bond acceptors (Lipinski definition) is 2. The molecule has 0 aromatic rings. The molecule has 0 saturated heterocycles. The molecule has 0 aliphatic carbocycles. The first-order valence-corrected chi connectivity index (χ1v) is 18.2. The van der Waals surface area contributed by atoms with Gasteiger partial charge in [0.25, 0.3) is 0 Å². The van der Waals surface area contributed by atoms with Crippen molar-refractivity contribution in [1.29, 1.82) is 0 Å². The summed E-state index contributed by atoms with van der Waals surface area (Å²) in [4.78, 5) is 0. The van der Waals surface area contributed by atoms with Crippen LogP contribution in [-0.4, -0.2) is 36.7 Å². The van der Waals surface area contributed by atoms with E-state index in [1.807, 2.05) is 6.26 Å². The van der Waals surface area contributed by atoms with Gasteiger partial charge in [-0.05, 0) is 0 Å². The Morgan fingerprint density at radius 3 is 1.75 bits per heavy atom. The van der Waals surface area contributed by atoms with Crippen LogP contribution in [0.15, 0.2) is 12.3 Å². The molecule has 1 N–H and O–H groups in total. The number of allylic oxidation sites excluding steroid dienone is 1. The van der Waals surface area contributed by atoms with Crippen molar-refractivity contribution in [3.8, 4) is 0 Å². The minimum atomic E-state index is -2.24. The van der Waals surface area contributed by atoms with Crippen LogP contribution in [0.4, 0.5) is 0 Å². The van der Waals surface area contributed by atoms with Crippen LogP contribution in [0.3, 0.4) is 0 Å². The Morgan fingerprint density at radius 2 is 1.38 bits per heavy atom. The second kappa shape index (κ2) is 15.5. The molecule has 0 aromatic heterocycles. The molecule has 0 amide bonds. The topological polar surface area (TPSA) is 29.5 Å². The van der Waals surface area contributed by atoms with Crippen molar-refractivity contribution in [2.24, 2.45) is 5.92 Å². The first-order chi connectivity index (χ1) is 11.6. The quantitative estimate of drug-likeness (QED) is 0.161. The Labute approximate surface area is 156 Å². The maximum absolute atomic E-state index is 8.89. The summed E-state index contributed by atoms with van der Waals surface area (Å²) in [6, 6.07) is 0.